The first kappa shape index (κ1) is 20.0. The minimum absolute atomic E-state index is 0.403. The molecule has 1 aromatic heterocycles. The van der Waals surface area contributed by atoms with Gasteiger partial charge in [-0.2, -0.15) is 13.2 Å². The van der Waals surface area contributed by atoms with Crippen LogP contribution in [0.1, 0.15) is 19.4 Å². The Balaban J connectivity index is 2.05. The number of halogens is 3. The summed E-state index contributed by atoms with van der Waals surface area (Å²) in [4.78, 5) is 0. The highest BCUT2D eigenvalue weighted by Gasteiger charge is 2.30. The molecule has 1 atom stereocenters. The predicted molar refractivity (Wildman–Crippen MR) is 101 cm³/mol. The van der Waals surface area contributed by atoms with Crippen molar-refractivity contribution in [1.82, 2.24) is 10.2 Å². The van der Waals surface area contributed by atoms with E-state index in [0.29, 0.717) is 27.8 Å². The zero-order valence-electron chi connectivity index (χ0n) is 15.6. The Bertz CT molecular complexity index is 967. The first-order valence-electron chi connectivity index (χ1n) is 8.56. The summed E-state index contributed by atoms with van der Waals surface area (Å²) in [5.41, 5.74) is -0.912. The van der Waals surface area contributed by atoms with E-state index in [9.17, 15) is 18.3 Å². The van der Waals surface area contributed by atoms with Gasteiger partial charge in [0.25, 0.3) is 0 Å². The molecular weight excluding hydrogens is 371 g/mol. The summed E-state index contributed by atoms with van der Waals surface area (Å²) < 4.78 is 43.7. The van der Waals surface area contributed by atoms with E-state index in [1.807, 2.05) is 24.3 Å². The molecule has 2 aromatic carbocycles. The van der Waals surface area contributed by atoms with Crippen LogP contribution >= 0.6 is 0 Å². The first-order chi connectivity index (χ1) is 13.1. The summed E-state index contributed by atoms with van der Waals surface area (Å²) in [6.07, 6.45) is -5.13. The Morgan fingerprint density at radius 1 is 0.964 bits per heavy atom. The molecule has 28 heavy (non-hydrogen) atoms. The van der Waals surface area contributed by atoms with Crippen molar-refractivity contribution in [2.24, 2.45) is 0 Å². The molecule has 0 bridgehead atoms. The molecule has 2 N–H and O–H groups in total. The van der Waals surface area contributed by atoms with E-state index in [4.69, 9.17) is 4.74 Å². The van der Waals surface area contributed by atoms with Crippen LogP contribution < -0.4 is 5.32 Å². The maximum Gasteiger partial charge on any atom is 0.416 e. The molecule has 0 saturated heterocycles. The summed E-state index contributed by atoms with van der Waals surface area (Å²) in [7, 11) is 1.46. The summed E-state index contributed by atoms with van der Waals surface area (Å²) >= 11 is 0. The Labute approximate surface area is 160 Å². The molecule has 0 aliphatic rings. The lowest BCUT2D eigenvalue weighted by Gasteiger charge is -2.29. The molecule has 0 aliphatic heterocycles. The van der Waals surface area contributed by atoms with Crippen molar-refractivity contribution in [3.05, 3.63) is 54.1 Å². The van der Waals surface area contributed by atoms with Gasteiger partial charge in [-0.05, 0) is 26.0 Å². The molecule has 5 nitrogen and oxygen atoms in total. The van der Waals surface area contributed by atoms with Gasteiger partial charge in [-0.1, -0.05) is 36.4 Å². The Kier molecular flexibility index (Phi) is 5.27. The number of ether oxygens (including phenoxy) is 1. The van der Waals surface area contributed by atoms with E-state index in [1.54, 1.807) is 13.8 Å². The number of hydrogen-bond acceptors (Lipinski definition) is 5. The van der Waals surface area contributed by atoms with E-state index in [0.717, 1.165) is 12.1 Å². The van der Waals surface area contributed by atoms with Gasteiger partial charge < -0.3 is 15.2 Å². The third-order valence-corrected chi connectivity index (χ3v) is 4.32. The minimum Gasteiger partial charge on any atom is -0.386 e. The number of methoxy groups -OCH3 is 1. The lowest BCUT2D eigenvalue weighted by molar-refractivity contribution is -0.137. The van der Waals surface area contributed by atoms with Crippen molar-refractivity contribution in [3.63, 3.8) is 0 Å². The van der Waals surface area contributed by atoms with Crippen LogP contribution in [0.3, 0.4) is 0 Å². The normalized spacial score (nSPS) is 13.5. The Morgan fingerprint density at radius 3 is 2.11 bits per heavy atom. The molecule has 0 saturated carbocycles. The van der Waals surface area contributed by atoms with Crippen LogP contribution in [0.2, 0.25) is 0 Å². The summed E-state index contributed by atoms with van der Waals surface area (Å²) in [5, 5.41) is 23.0. The van der Waals surface area contributed by atoms with Crippen molar-refractivity contribution in [2.75, 3.05) is 12.4 Å². The number of nitrogens with one attached hydrogen (secondary N) is 1. The number of aromatic nitrogens is 2. The number of hydrogen-bond donors (Lipinski definition) is 2. The second-order valence-corrected chi connectivity index (χ2v) is 6.93. The van der Waals surface area contributed by atoms with Crippen LogP contribution in [0.25, 0.3) is 22.0 Å². The lowest BCUT2D eigenvalue weighted by Crippen LogP contribution is -2.43. The topological polar surface area (TPSA) is 67.3 Å². The zero-order valence-corrected chi connectivity index (χ0v) is 15.6. The van der Waals surface area contributed by atoms with Crippen LogP contribution in [0, 0.1) is 0 Å². The molecule has 0 aliphatic carbocycles. The number of aliphatic hydroxyl groups is 1. The number of nitrogens with zero attached hydrogens (tertiary/aromatic N) is 2. The Morgan fingerprint density at radius 2 is 1.57 bits per heavy atom. The van der Waals surface area contributed by atoms with E-state index >= 15 is 0 Å². The van der Waals surface area contributed by atoms with Gasteiger partial charge in [0.15, 0.2) is 12.0 Å². The molecule has 0 radical (unpaired) electrons. The maximum atomic E-state index is 12.8. The van der Waals surface area contributed by atoms with Gasteiger partial charge in [0, 0.05) is 23.4 Å². The van der Waals surface area contributed by atoms with Crippen molar-refractivity contribution < 1.29 is 23.0 Å². The van der Waals surface area contributed by atoms with Crippen molar-refractivity contribution in [1.29, 1.82) is 0 Å². The summed E-state index contributed by atoms with van der Waals surface area (Å²) in [6.45, 7) is 3.20. The second-order valence-electron chi connectivity index (χ2n) is 6.93. The summed E-state index contributed by atoms with van der Waals surface area (Å²) in [5.74, 6) is 0.403. The quantitative estimate of drug-likeness (QED) is 0.628. The molecule has 8 heteroatoms. The fraction of sp³-hybridized carbons (Fsp3) is 0.300. The third kappa shape index (κ3) is 4.07. The number of anilines is 1. The van der Waals surface area contributed by atoms with Gasteiger partial charge in [-0.15, -0.1) is 10.2 Å². The predicted octanol–water partition coefficient (Wildman–Crippen LogP) is 4.47. The van der Waals surface area contributed by atoms with Gasteiger partial charge in [-0.3, -0.25) is 0 Å². The highest BCUT2D eigenvalue weighted by molar-refractivity contribution is 6.00. The van der Waals surface area contributed by atoms with E-state index in [-0.39, 0.29) is 0 Å². The third-order valence-electron chi connectivity index (χ3n) is 4.32. The van der Waals surface area contributed by atoms with Crippen molar-refractivity contribution in [3.8, 4) is 11.3 Å². The molecule has 1 unspecified atom stereocenters. The monoisotopic (exact) mass is 391 g/mol. The molecule has 1 heterocycles. The minimum atomic E-state index is -4.40. The smallest absolute Gasteiger partial charge is 0.386 e. The molecular formula is C20H20F3N3O2. The van der Waals surface area contributed by atoms with E-state index in [1.165, 1.54) is 19.2 Å². The number of benzene rings is 2. The van der Waals surface area contributed by atoms with Crippen LogP contribution in [-0.2, 0) is 10.9 Å². The summed E-state index contributed by atoms with van der Waals surface area (Å²) in [6, 6.07) is 12.1. The molecule has 0 amide bonds. The fourth-order valence-electron chi connectivity index (χ4n) is 2.89. The SMILES string of the molecule is COC(Nc1nnc(-c2ccc(C(F)(F)F)cc2)c2ccccc12)C(C)(C)O. The Hall–Kier alpha value is -2.71. The standard InChI is InChI=1S/C20H20F3N3O2/c1-19(2,27)18(28-3)24-17-15-7-5-4-6-14(15)16(25-26-17)12-8-10-13(11-9-12)20(21,22)23/h4-11,18,27H,1-3H3,(H,24,26). The van der Waals surface area contributed by atoms with Crippen LogP contribution in [0.15, 0.2) is 48.5 Å². The van der Waals surface area contributed by atoms with E-state index in [2.05, 4.69) is 15.5 Å². The molecule has 3 rings (SSSR count). The average Bonchev–Trinajstić information content (AvgIpc) is 2.64. The highest BCUT2D eigenvalue weighted by Crippen LogP contribution is 2.33. The molecule has 0 spiro atoms. The largest absolute Gasteiger partial charge is 0.416 e. The van der Waals surface area contributed by atoms with Crippen LogP contribution in [0.5, 0.6) is 0 Å². The average molecular weight is 391 g/mol. The molecule has 3 aromatic rings. The fourth-order valence-corrected chi connectivity index (χ4v) is 2.89. The van der Waals surface area contributed by atoms with Crippen molar-refractivity contribution in [2.45, 2.75) is 31.9 Å². The van der Waals surface area contributed by atoms with Gasteiger partial charge in [-0.25, -0.2) is 0 Å². The van der Waals surface area contributed by atoms with Crippen LogP contribution in [-0.4, -0.2) is 34.2 Å². The second kappa shape index (κ2) is 7.37. The maximum absolute atomic E-state index is 12.8. The van der Waals surface area contributed by atoms with Gasteiger partial charge in [0.05, 0.1) is 5.56 Å². The molecule has 0 fully saturated rings. The number of fused-ring (bicyclic) bond motifs is 1. The van der Waals surface area contributed by atoms with Crippen LogP contribution in [0.4, 0.5) is 19.0 Å². The van der Waals surface area contributed by atoms with Gasteiger partial charge >= 0.3 is 6.18 Å². The zero-order chi connectivity index (χ0) is 20.5. The van der Waals surface area contributed by atoms with Gasteiger partial charge in [0.2, 0.25) is 0 Å². The highest BCUT2D eigenvalue weighted by atomic mass is 19.4. The van der Waals surface area contributed by atoms with Crippen molar-refractivity contribution >= 4 is 16.6 Å². The number of rotatable bonds is 5. The van der Waals surface area contributed by atoms with E-state index < -0.39 is 23.6 Å². The number of alkyl halides is 3. The molecule has 148 valence electrons. The first-order valence-corrected chi connectivity index (χ1v) is 8.56. The van der Waals surface area contributed by atoms with Gasteiger partial charge in [0.1, 0.15) is 11.3 Å². The lowest BCUT2D eigenvalue weighted by atomic mass is 10.0.